The zero-order chi connectivity index (χ0) is 7.72. The number of nitrogens with zero attached hydrogens (tertiary/aromatic N) is 1. The SMILES string of the molecule is C=C1C(=C)N(C)CCC1C. The molecule has 1 unspecified atom stereocenters. The molecule has 1 heteroatoms. The van der Waals surface area contributed by atoms with Gasteiger partial charge in [-0.2, -0.15) is 0 Å². The van der Waals surface area contributed by atoms with E-state index in [-0.39, 0.29) is 0 Å². The van der Waals surface area contributed by atoms with E-state index in [9.17, 15) is 0 Å². The van der Waals surface area contributed by atoms with Crippen LogP contribution in [0.1, 0.15) is 13.3 Å². The van der Waals surface area contributed by atoms with Crippen LogP contribution in [0.25, 0.3) is 0 Å². The molecule has 10 heavy (non-hydrogen) atoms. The average molecular weight is 137 g/mol. The summed E-state index contributed by atoms with van der Waals surface area (Å²) in [5.41, 5.74) is 2.31. The first-order valence-corrected chi connectivity index (χ1v) is 3.72. The molecule has 0 spiro atoms. The van der Waals surface area contributed by atoms with Gasteiger partial charge in [0.2, 0.25) is 0 Å². The number of piperidine rings is 1. The molecule has 0 radical (unpaired) electrons. The van der Waals surface area contributed by atoms with Crippen molar-refractivity contribution < 1.29 is 0 Å². The first-order valence-electron chi connectivity index (χ1n) is 3.72. The van der Waals surface area contributed by atoms with Crippen molar-refractivity contribution in [1.82, 2.24) is 4.90 Å². The topological polar surface area (TPSA) is 3.24 Å². The van der Waals surface area contributed by atoms with Crippen molar-refractivity contribution in [2.24, 2.45) is 5.92 Å². The summed E-state index contributed by atoms with van der Waals surface area (Å²) >= 11 is 0. The van der Waals surface area contributed by atoms with E-state index < -0.39 is 0 Å². The molecule has 1 fully saturated rings. The van der Waals surface area contributed by atoms with Crippen LogP contribution < -0.4 is 0 Å². The molecule has 1 heterocycles. The summed E-state index contributed by atoms with van der Waals surface area (Å²) in [6, 6.07) is 0. The highest BCUT2D eigenvalue weighted by Gasteiger charge is 2.18. The molecule has 1 nitrogen and oxygen atoms in total. The summed E-state index contributed by atoms with van der Waals surface area (Å²) in [6.07, 6.45) is 1.22. The average Bonchev–Trinajstić information content (AvgIpc) is 1.93. The zero-order valence-corrected chi connectivity index (χ0v) is 6.85. The van der Waals surface area contributed by atoms with Crippen LogP contribution in [0.3, 0.4) is 0 Å². The monoisotopic (exact) mass is 137 g/mol. The highest BCUT2D eigenvalue weighted by atomic mass is 15.1. The largest absolute Gasteiger partial charge is 0.375 e. The molecule has 0 aromatic heterocycles. The first kappa shape index (κ1) is 7.39. The third-order valence-corrected chi connectivity index (χ3v) is 2.32. The van der Waals surface area contributed by atoms with Gasteiger partial charge in [-0.05, 0) is 17.9 Å². The third-order valence-electron chi connectivity index (χ3n) is 2.32. The van der Waals surface area contributed by atoms with Crippen LogP contribution in [0.5, 0.6) is 0 Å². The van der Waals surface area contributed by atoms with Crippen LogP contribution in [0.2, 0.25) is 0 Å². The van der Waals surface area contributed by atoms with Gasteiger partial charge < -0.3 is 4.90 Å². The number of hydrogen-bond donors (Lipinski definition) is 0. The maximum atomic E-state index is 3.99. The van der Waals surface area contributed by atoms with E-state index in [0.717, 1.165) is 12.2 Å². The minimum Gasteiger partial charge on any atom is -0.375 e. The van der Waals surface area contributed by atoms with Crippen LogP contribution in [0, 0.1) is 5.92 Å². The molecule has 0 N–H and O–H groups in total. The quantitative estimate of drug-likeness (QED) is 0.494. The van der Waals surface area contributed by atoms with Crippen LogP contribution in [-0.4, -0.2) is 18.5 Å². The van der Waals surface area contributed by atoms with E-state index >= 15 is 0 Å². The summed E-state index contributed by atoms with van der Waals surface area (Å²) in [5, 5.41) is 0. The van der Waals surface area contributed by atoms with Gasteiger partial charge in [-0.1, -0.05) is 20.1 Å². The lowest BCUT2D eigenvalue weighted by Gasteiger charge is -2.32. The molecular formula is C9H15N. The van der Waals surface area contributed by atoms with Crippen molar-refractivity contribution in [2.75, 3.05) is 13.6 Å². The predicted molar refractivity (Wildman–Crippen MR) is 44.7 cm³/mol. The third kappa shape index (κ3) is 1.08. The molecular weight excluding hydrogens is 122 g/mol. The molecule has 1 saturated heterocycles. The summed E-state index contributed by atoms with van der Waals surface area (Å²) in [7, 11) is 2.07. The van der Waals surface area contributed by atoms with Crippen molar-refractivity contribution in [3.8, 4) is 0 Å². The second kappa shape index (κ2) is 2.49. The smallest absolute Gasteiger partial charge is 0.0319 e. The van der Waals surface area contributed by atoms with Gasteiger partial charge in [0.15, 0.2) is 0 Å². The zero-order valence-electron chi connectivity index (χ0n) is 6.85. The molecule has 0 bridgehead atoms. The Morgan fingerprint density at radius 1 is 1.50 bits per heavy atom. The van der Waals surface area contributed by atoms with Crippen molar-refractivity contribution in [3.63, 3.8) is 0 Å². The normalized spacial score (nSPS) is 27.4. The molecule has 1 aliphatic rings. The van der Waals surface area contributed by atoms with E-state index in [1.54, 1.807) is 0 Å². The van der Waals surface area contributed by atoms with E-state index in [2.05, 4.69) is 32.0 Å². The molecule has 0 amide bonds. The predicted octanol–water partition coefficient (Wildman–Crippen LogP) is 2.03. The van der Waals surface area contributed by atoms with Gasteiger partial charge in [-0.15, -0.1) is 0 Å². The summed E-state index contributed by atoms with van der Waals surface area (Å²) in [5.74, 6) is 0.628. The Kier molecular flexibility index (Phi) is 1.84. The van der Waals surface area contributed by atoms with Gasteiger partial charge in [-0.25, -0.2) is 0 Å². The molecule has 0 aliphatic carbocycles. The molecule has 56 valence electrons. The van der Waals surface area contributed by atoms with E-state index in [1.807, 2.05) is 0 Å². The number of likely N-dealkylation sites (N-methyl/N-ethyl adjacent to an activating group) is 1. The Labute approximate surface area is 63.0 Å². The van der Waals surface area contributed by atoms with E-state index in [0.29, 0.717) is 5.92 Å². The second-order valence-electron chi connectivity index (χ2n) is 3.08. The van der Waals surface area contributed by atoms with Crippen molar-refractivity contribution >= 4 is 0 Å². The minimum atomic E-state index is 0.628. The minimum absolute atomic E-state index is 0.628. The molecule has 0 aromatic rings. The van der Waals surface area contributed by atoms with Crippen LogP contribution in [0.4, 0.5) is 0 Å². The van der Waals surface area contributed by atoms with Gasteiger partial charge in [0.05, 0.1) is 0 Å². The molecule has 0 saturated carbocycles. The van der Waals surface area contributed by atoms with Gasteiger partial charge in [-0.3, -0.25) is 0 Å². The first-order chi connectivity index (χ1) is 4.63. The van der Waals surface area contributed by atoms with Gasteiger partial charge in [0.25, 0.3) is 0 Å². The van der Waals surface area contributed by atoms with Crippen LogP contribution >= 0.6 is 0 Å². The van der Waals surface area contributed by atoms with Crippen LogP contribution in [0.15, 0.2) is 24.4 Å². The fraction of sp³-hybridized carbons (Fsp3) is 0.556. The molecule has 1 aliphatic heterocycles. The standard InChI is InChI=1S/C9H15N/c1-7-5-6-10(4)9(3)8(7)2/h7H,2-3,5-6H2,1,4H3. The number of likely N-dealkylation sites (tertiary alicyclic amines) is 1. The van der Waals surface area contributed by atoms with Crippen molar-refractivity contribution in [1.29, 1.82) is 0 Å². The summed E-state index contributed by atoms with van der Waals surface area (Å²) < 4.78 is 0. The van der Waals surface area contributed by atoms with Gasteiger partial charge in [0, 0.05) is 19.3 Å². The highest BCUT2D eigenvalue weighted by molar-refractivity contribution is 5.27. The van der Waals surface area contributed by atoms with Gasteiger partial charge in [0.1, 0.15) is 0 Å². The lowest BCUT2D eigenvalue weighted by Crippen LogP contribution is -2.28. The maximum absolute atomic E-state index is 3.99. The lowest BCUT2D eigenvalue weighted by molar-refractivity contribution is 0.345. The Morgan fingerprint density at radius 3 is 2.60 bits per heavy atom. The maximum Gasteiger partial charge on any atom is 0.0319 e. The lowest BCUT2D eigenvalue weighted by atomic mass is 9.92. The Balaban J connectivity index is 2.70. The number of rotatable bonds is 0. The summed E-state index contributed by atoms with van der Waals surface area (Å²) in [4.78, 5) is 2.17. The highest BCUT2D eigenvalue weighted by Crippen LogP contribution is 2.26. The number of allylic oxidation sites excluding steroid dienone is 1. The summed E-state index contributed by atoms with van der Waals surface area (Å²) in [6.45, 7) is 11.3. The molecule has 0 aromatic carbocycles. The number of hydrogen-bond acceptors (Lipinski definition) is 1. The Morgan fingerprint density at radius 2 is 2.10 bits per heavy atom. The fourth-order valence-corrected chi connectivity index (χ4v) is 1.23. The second-order valence-corrected chi connectivity index (χ2v) is 3.08. The Bertz CT molecular complexity index is 150. The van der Waals surface area contributed by atoms with Crippen molar-refractivity contribution in [2.45, 2.75) is 13.3 Å². The van der Waals surface area contributed by atoms with Gasteiger partial charge >= 0.3 is 0 Å². The molecule has 1 rings (SSSR count). The van der Waals surface area contributed by atoms with E-state index in [4.69, 9.17) is 0 Å². The van der Waals surface area contributed by atoms with Crippen molar-refractivity contribution in [3.05, 3.63) is 24.4 Å². The Hall–Kier alpha value is -0.720. The van der Waals surface area contributed by atoms with Crippen LogP contribution in [-0.2, 0) is 0 Å². The fourth-order valence-electron chi connectivity index (χ4n) is 1.23. The van der Waals surface area contributed by atoms with E-state index in [1.165, 1.54) is 12.0 Å². The molecule has 1 atom stereocenters.